The van der Waals surface area contributed by atoms with Gasteiger partial charge in [0.1, 0.15) is 11.9 Å². The van der Waals surface area contributed by atoms with Crippen molar-refractivity contribution in [1.29, 1.82) is 0 Å². The highest BCUT2D eigenvalue weighted by Crippen LogP contribution is 2.37. The molecule has 3 aromatic carbocycles. The number of benzene rings is 3. The van der Waals surface area contributed by atoms with Gasteiger partial charge in [0.15, 0.2) is 0 Å². The number of anilines is 1. The molecule has 0 saturated heterocycles. The van der Waals surface area contributed by atoms with Crippen LogP contribution in [0.5, 0.6) is 0 Å². The molecule has 37 heavy (non-hydrogen) atoms. The van der Waals surface area contributed by atoms with E-state index in [2.05, 4.69) is 5.32 Å². The first-order valence-corrected chi connectivity index (χ1v) is 13.1. The molecule has 5 rings (SSSR count). The van der Waals surface area contributed by atoms with Crippen LogP contribution in [0.1, 0.15) is 61.4 Å². The fourth-order valence-corrected chi connectivity index (χ4v) is 5.52. The smallest absolute Gasteiger partial charge is 0.258 e. The molecule has 0 radical (unpaired) electrons. The largest absolute Gasteiger partial charge is 0.352 e. The molecule has 0 bridgehead atoms. The lowest BCUT2D eigenvalue weighted by molar-refractivity contribution is -0.141. The third-order valence-electron chi connectivity index (χ3n) is 7.59. The number of carbonyl (C=O) groups is 3. The van der Waals surface area contributed by atoms with Crippen LogP contribution in [0, 0.1) is 5.82 Å². The van der Waals surface area contributed by atoms with Gasteiger partial charge >= 0.3 is 0 Å². The van der Waals surface area contributed by atoms with Crippen LogP contribution in [0.15, 0.2) is 60.7 Å². The van der Waals surface area contributed by atoms with Crippen LogP contribution in [0.4, 0.5) is 10.1 Å². The highest BCUT2D eigenvalue weighted by Gasteiger charge is 2.31. The second-order valence-corrected chi connectivity index (χ2v) is 10.0. The van der Waals surface area contributed by atoms with E-state index in [1.807, 2.05) is 36.4 Å². The summed E-state index contributed by atoms with van der Waals surface area (Å²) >= 11 is 0. The molecule has 192 valence electrons. The molecule has 7 heteroatoms. The fraction of sp³-hybridized carbons (Fsp3) is 0.367. The molecule has 1 fully saturated rings. The standard InChI is InChI=1S/C30H32FN3O3/c1-20(29(36)32-23-12-3-4-13-23)34(19-22-9-2-5-15-25(22)31)27(35)17-8-18-33-26-16-7-11-21-10-6-14-24(28(21)26)30(33)37/h2,5-7,9-11,14-16,20,23H,3-4,8,12-13,17-19H2,1H3,(H,32,36)/t20-/m0/s1. The normalized spacial score (nSPS) is 15.8. The molecule has 1 atom stereocenters. The van der Waals surface area contributed by atoms with Crippen LogP contribution < -0.4 is 10.2 Å². The second-order valence-electron chi connectivity index (χ2n) is 10.0. The van der Waals surface area contributed by atoms with Gasteiger partial charge in [-0.25, -0.2) is 4.39 Å². The second kappa shape index (κ2) is 10.7. The van der Waals surface area contributed by atoms with E-state index in [1.165, 1.54) is 11.0 Å². The zero-order chi connectivity index (χ0) is 25.9. The monoisotopic (exact) mass is 501 g/mol. The number of rotatable bonds is 9. The minimum Gasteiger partial charge on any atom is -0.352 e. The number of carbonyl (C=O) groups excluding carboxylic acids is 3. The van der Waals surface area contributed by atoms with Gasteiger partial charge in [0.05, 0.1) is 5.69 Å². The maximum Gasteiger partial charge on any atom is 0.258 e. The summed E-state index contributed by atoms with van der Waals surface area (Å²) in [5, 5.41) is 5.02. The highest BCUT2D eigenvalue weighted by molar-refractivity contribution is 6.25. The summed E-state index contributed by atoms with van der Waals surface area (Å²) < 4.78 is 14.5. The molecular formula is C30H32FN3O3. The molecule has 1 N–H and O–H groups in total. The van der Waals surface area contributed by atoms with Gasteiger partial charge in [0, 0.05) is 42.1 Å². The zero-order valence-electron chi connectivity index (χ0n) is 21.1. The summed E-state index contributed by atoms with van der Waals surface area (Å²) in [5.41, 5.74) is 1.91. The van der Waals surface area contributed by atoms with Crippen molar-refractivity contribution in [2.75, 3.05) is 11.4 Å². The van der Waals surface area contributed by atoms with Crippen molar-refractivity contribution in [2.24, 2.45) is 0 Å². The molecule has 1 saturated carbocycles. The van der Waals surface area contributed by atoms with Gasteiger partial charge in [-0.05, 0) is 49.8 Å². The number of hydrogen-bond donors (Lipinski definition) is 1. The Kier molecular flexibility index (Phi) is 7.22. The van der Waals surface area contributed by atoms with Gasteiger partial charge in [-0.1, -0.05) is 55.3 Å². The van der Waals surface area contributed by atoms with Crippen molar-refractivity contribution < 1.29 is 18.8 Å². The summed E-state index contributed by atoms with van der Waals surface area (Å²) in [4.78, 5) is 42.7. The number of nitrogens with zero attached hydrogens (tertiary/aromatic N) is 2. The SMILES string of the molecule is C[C@@H](C(=O)NC1CCCC1)N(Cc1ccccc1F)C(=O)CCCN1C(=O)c2cccc3cccc1c23. The van der Waals surface area contributed by atoms with Crippen molar-refractivity contribution >= 4 is 34.2 Å². The molecule has 1 heterocycles. The number of nitrogens with one attached hydrogen (secondary N) is 1. The van der Waals surface area contributed by atoms with Gasteiger partial charge in [0.2, 0.25) is 11.8 Å². The van der Waals surface area contributed by atoms with Gasteiger partial charge < -0.3 is 15.1 Å². The number of halogens is 1. The van der Waals surface area contributed by atoms with E-state index in [4.69, 9.17) is 0 Å². The Morgan fingerprint density at radius 2 is 1.78 bits per heavy atom. The van der Waals surface area contributed by atoms with E-state index < -0.39 is 11.9 Å². The molecule has 0 aromatic heterocycles. The van der Waals surface area contributed by atoms with Gasteiger partial charge in [-0.2, -0.15) is 0 Å². The predicted molar refractivity (Wildman–Crippen MR) is 142 cm³/mol. The quantitative estimate of drug-likeness (QED) is 0.438. The summed E-state index contributed by atoms with van der Waals surface area (Å²) in [6, 6.07) is 17.3. The van der Waals surface area contributed by atoms with Crippen LogP contribution in [-0.4, -0.2) is 41.2 Å². The predicted octanol–water partition coefficient (Wildman–Crippen LogP) is 5.20. The van der Waals surface area contributed by atoms with E-state index in [0.717, 1.165) is 42.1 Å². The van der Waals surface area contributed by atoms with Gasteiger partial charge in [-0.3, -0.25) is 14.4 Å². The summed E-state index contributed by atoms with van der Waals surface area (Å²) in [6.45, 7) is 2.09. The van der Waals surface area contributed by atoms with Crippen LogP contribution in [0.25, 0.3) is 10.8 Å². The molecule has 3 aromatic rings. The van der Waals surface area contributed by atoms with E-state index in [1.54, 1.807) is 30.0 Å². The molecule has 3 amide bonds. The fourth-order valence-electron chi connectivity index (χ4n) is 5.52. The van der Waals surface area contributed by atoms with Gasteiger partial charge in [0.25, 0.3) is 5.91 Å². The average Bonchev–Trinajstić information content (AvgIpc) is 3.51. The maximum atomic E-state index is 14.5. The van der Waals surface area contributed by atoms with Crippen molar-refractivity contribution in [3.05, 3.63) is 77.6 Å². The zero-order valence-corrected chi connectivity index (χ0v) is 21.1. The lowest BCUT2D eigenvalue weighted by Crippen LogP contribution is -2.49. The Labute approximate surface area is 216 Å². The Bertz CT molecular complexity index is 1330. The molecule has 1 aliphatic carbocycles. The third kappa shape index (κ3) is 5.08. The number of hydrogen-bond acceptors (Lipinski definition) is 3. The lowest BCUT2D eigenvalue weighted by atomic mass is 10.1. The lowest BCUT2D eigenvalue weighted by Gasteiger charge is -2.30. The van der Waals surface area contributed by atoms with E-state index in [9.17, 15) is 18.8 Å². The van der Waals surface area contributed by atoms with Crippen molar-refractivity contribution in [3.63, 3.8) is 0 Å². The first kappa shape index (κ1) is 24.9. The maximum absolute atomic E-state index is 14.5. The molecule has 2 aliphatic rings. The minimum absolute atomic E-state index is 0.0121. The number of amides is 3. The van der Waals surface area contributed by atoms with E-state index >= 15 is 0 Å². The average molecular weight is 502 g/mol. The topological polar surface area (TPSA) is 69.7 Å². The van der Waals surface area contributed by atoms with E-state index in [0.29, 0.717) is 24.1 Å². The Morgan fingerprint density at radius 3 is 2.54 bits per heavy atom. The van der Waals surface area contributed by atoms with Crippen molar-refractivity contribution in [2.45, 2.75) is 64.1 Å². The molecule has 0 spiro atoms. The highest BCUT2D eigenvalue weighted by atomic mass is 19.1. The molecule has 6 nitrogen and oxygen atoms in total. The van der Waals surface area contributed by atoms with Crippen molar-refractivity contribution in [1.82, 2.24) is 10.2 Å². The molecular weight excluding hydrogens is 469 g/mol. The van der Waals surface area contributed by atoms with Crippen LogP contribution >= 0.6 is 0 Å². The molecule has 1 aliphatic heterocycles. The van der Waals surface area contributed by atoms with Gasteiger partial charge in [-0.15, -0.1) is 0 Å². The van der Waals surface area contributed by atoms with Crippen LogP contribution in [-0.2, 0) is 16.1 Å². The Hall–Kier alpha value is -3.74. The van der Waals surface area contributed by atoms with Crippen molar-refractivity contribution in [3.8, 4) is 0 Å². The first-order chi connectivity index (χ1) is 17.9. The summed E-state index contributed by atoms with van der Waals surface area (Å²) in [7, 11) is 0. The third-order valence-corrected chi connectivity index (χ3v) is 7.59. The summed E-state index contributed by atoms with van der Waals surface area (Å²) in [5.74, 6) is -0.919. The Balaban J connectivity index is 1.28. The Morgan fingerprint density at radius 1 is 1.05 bits per heavy atom. The first-order valence-electron chi connectivity index (χ1n) is 13.1. The molecule has 0 unspecified atom stereocenters. The van der Waals surface area contributed by atoms with E-state index in [-0.39, 0.29) is 36.7 Å². The van der Waals surface area contributed by atoms with Crippen LogP contribution in [0.3, 0.4) is 0 Å². The minimum atomic E-state index is -0.737. The summed E-state index contributed by atoms with van der Waals surface area (Å²) in [6.07, 6.45) is 4.64. The van der Waals surface area contributed by atoms with Crippen LogP contribution in [0.2, 0.25) is 0 Å².